The van der Waals surface area contributed by atoms with Crippen LogP contribution >= 0.6 is 0 Å². The monoisotopic (exact) mass is 636 g/mol. The molecule has 0 amide bonds. The molecule has 3 heterocycles. The van der Waals surface area contributed by atoms with E-state index in [0.717, 1.165) is 65.9 Å². The summed E-state index contributed by atoms with van der Waals surface area (Å²) in [6, 6.07) is 60.3. The fourth-order valence-electron chi connectivity index (χ4n) is 8.39. The summed E-state index contributed by atoms with van der Waals surface area (Å²) in [5.41, 5.74) is 9.99. The van der Waals surface area contributed by atoms with E-state index in [4.69, 9.17) is 0 Å². The molecule has 0 spiro atoms. The van der Waals surface area contributed by atoms with Crippen LogP contribution in [0.2, 0.25) is 0 Å². The van der Waals surface area contributed by atoms with Crippen molar-refractivity contribution in [2.45, 2.75) is 0 Å². The van der Waals surface area contributed by atoms with Crippen molar-refractivity contribution < 1.29 is 0 Å². The average Bonchev–Trinajstić information content (AvgIpc) is 3.70. The van der Waals surface area contributed by atoms with E-state index in [1.807, 2.05) is 22.6 Å². The lowest BCUT2D eigenvalue weighted by Gasteiger charge is -2.14. The van der Waals surface area contributed by atoms with E-state index >= 15 is 0 Å². The van der Waals surface area contributed by atoms with Crippen LogP contribution in [-0.4, -0.2) is 8.97 Å². The molecule has 11 aromatic rings. The maximum Gasteiger partial charge on any atom is 0.263 e. The number of benzene rings is 8. The molecule has 3 heteroatoms. The molecular formula is C47H28N2O. The Morgan fingerprint density at radius 3 is 1.64 bits per heavy atom. The molecule has 11 rings (SSSR count). The van der Waals surface area contributed by atoms with Gasteiger partial charge in [0.05, 0.1) is 27.8 Å². The fourth-order valence-corrected chi connectivity index (χ4v) is 8.39. The number of pyridine rings is 1. The van der Waals surface area contributed by atoms with Gasteiger partial charge < -0.3 is 4.57 Å². The van der Waals surface area contributed by atoms with Crippen molar-refractivity contribution in [2.24, 2.45) is 0 Å². The minimum atomic E-state index is 0.0210. The average molecular weight is 637 g/mol. The summed E-state index contributed by atoms with van der Waals surface area (Å²) < 4.78 is 4.35. The van der Waals surface area contributed by atoms with E-state index in [0.29, 0.717) is 0 Å². The number of rotatable bonds is 3. The van der Waals surface area contributed by atoms with Gasteiger partial charge in [0.1, 0.15) is 0 Å². The molecule has 8 aromatic carbocycles. The first kappa shape index (κ1) is 27.3. The first-order chi connectivity index (χ1) is 24.7. The Morgan fingerprint density at radius 2 is 0.900 bits per heavy atom. The molecule has 0 saturated carbocycles. The van der Waals surface area contributed by atoms with Crippen molar-refractivity contribution >= 4 is 70.5 Å². The molecule has 3 nitrogen and oxygen atoms in total. The molecule has 0 radical (unpaired) electrons. The van der Waals surface area contributed by atoms with E-state index in [-0.39, 0.29) is 5.56 Å². The summed E-state index contributed by atoms with van der Waals surface area (Å²) in [4.78, 5) is 14.2. The zero-order chi connectivity index (χ0) is 32.9. The van der Waals surface area contributed by atoms with E-state index in [2.05, 4.69) is 156 Å². The predicted octanol–water partition coefficient (Wildman–Crippen LogP) is 11.8. The standard InChI is InChI=1S/C47H28N2O/c50-47-38-19-7-6-16-35(38)40-26-33(29-12-2-1-3-13-29)27-41-39-25-30(22-23-44(39)49(47)46(40)41)32-24-31-14-4-5-15-34(31)45(28-32)48-42-20-10-8-17-36(42)37-18-9-11-21-43(37)48/h1-28H. The van der Waals surface area contributed by atoms with Gasteiger partial charge in [0.15, 0.2) is 0 Å². The first-order valence-corrected chi connectivity index (χ1v) is 17.1. The van der Waals surface area contributed by atoms with Crippen molar-refractivity contribution in [3.8, 4) is 27.9 Å². The summed E-state index contributed by atoms with van der Waals surface area (Å²) >= 11 is 0. The topological polar surface area (TPSA) is 26.4 Å². The van der Waals surface area contributed by atoms with E-state index in [1.54, 1.807) is 0 Å². The van der Waals surface area contributed by atoms with Gasteiger partial charge in [-0.05, 0) is 87.6 Å². The molecule has 0 aliphatic rings. The van der Waals surface area contributed by atoms with E-state index < -0.39 is 0 Å². The third-order valence-corrected chi connectivity index (χ3v) is 10.6. The molecule has 0 aliphatic heterocycles. The molecule has 232 valence electrons. The normalized spacial score (nSPS) is 12.1. The molecule has 0 atom stereocenters. The number of fused-ring (bicyclic) bond motifs is 9. The van der Waals surface area contributed by atoms with Gasteiger partial charge in [-0.3, -0.25) is 9.20 Å². The van der Waals surface area contributed by atoms with Crippen LogP contribution in [0.25, 0.3) is 98.5 Å². The van der Waals surface area contributed by atoms with Crippen LogP contribution in [0.15, 0.2) is 175 Å². The first-order valence-electron chi connectivity index (χ1n) is 17.1. The van der Waals surface area contributed by atoms with Gasteiger partial charge in [0, 0.05) is 37.7 Å². The highest BCUT2D eigenvalue weighted by atomic mass is 16.1. The van der Waals surface area contributed by atoms with Crippen LogP contribution in [-0.2, 0) is 0 Å². The van der Waals surface area contributed by atoms with Gasteiger partial charge >= 0.3 is 0 Å². The summed E-state index contributed by atoms with van der Waals surface area (Å²) in [5, 5.41) is 9.84. The smallest absolute Gasteiger partial charge is 0.263 e. The second kappa shape index (κ2) is 10.1. The molecule has 0 unspecified atom stereocenters. The predicted molar refractivity (Wildman–Crippen MR) is 210 cm³/mol. The Morgan fingerprint density at radius 1 is 0.340 bits per heavy atom. The second-order valence-corrected chi connectivity index (χ2v) is 13.3. The molecule has 0 bridgehead atoms. The van der Waals surface area contributed by atoms with E-state index in [1.165, 1.54) is 32.6 Å². The van der Waals surface area contributed by atoms with Crippen LogP contribution in [0.1, 0.15) is 0 Å². The highest BCUT2D eigenvalue weighted by Gasteiger charge is 2.20. The summed E-state index contributed by atoms with van der Waals surface area (Å²) in [6.07, 6.45) is 0. The van der Waals surface area contributed by atoms with Crippen molar-refractivity contribution in [3.05, 3.63) is 180 Å². The van der Waals surface area contributed by atoms with Gasteiger partial charge in [-0.1, -0.05) is 115 Å². The minimum Gasteiger partial charge on any atom is -0.309 e. The molecule has 3 aromatic heterocycles. The van der Waals surface area contributed by atoms with Crippen LogP contribution in [0.5, 0.6) is 0 Å². The Labute approximate surface area is 286 Å². The number of aromatic nitrogens is 2. The zero-order valence-electron chi connectivity index (χ0n) is 27.0. The summed E-state index contributed by atoms with van der Waals surface area (Å²) in [5.74, 6) is 0. The Kier molecular flexibility index (Phi) is 5.53. The highest BCUT2D eigenvalue weighted by molar-refractivity contribution is 6.22. The lowest BCUT2D eigenvalue weighted by Crippen LogP contribution is -2.12. The maximum absolute atomic E-state index is 14.2. The van der Waals surface area contributed by atoms with Gasteiger partial charge in [-0.2, -0.15) is 0 Å². The Bertz CT molecular complexity index is 3170. The molecule has 0 N–H and O–H groups in total. The SMILES string of the molecule is O=c1c2ccccc2c2cc(-c3ccccc3)cc3c4cc(-c5cc(-n6c7ccccc7c7ccccc76)c6ccccc6c5)ccc4n1c23. The van der Waals surface area contributed by atoms with Crippen molar-refractivity contribution in [3.63, 3.8) is 0 Å². The maximum atomic E-state index is 14.2. The molecule has 50 heavy (non-hydrogen) atoms. The lowest BCUT2D eigenvalue weighted by atomic mass is 9.96. The van der Waals surface area contributed by atoms with Crippen molar-refractivity contribution in [1.29, 1.82) is 0 Å². The third-order valence-electron chi connectivity index (χ3n) is 10.6. The minimum absolute atomic E-state index is 0.0210. The number of nitrogens with zero attached hydrogens (tertiary/aromatic N) is 2. The number of hydrogen-bond donors (Lipinski definition) is 0. The van der Waals surface area contributed by atoms with E-state index in [9.17, 15) is 4.79 Å². The van der Waals surface area contributed by atoms with Crippen LogP contribution in [0.3, 0.4) is 0 Å². The number of para-hydroxylation sites is 2. The van der Waals surface area contributed by atoms with Crippen molar-refractivity contribution in [2.75, 3.05) is 0 Å². The third kappa shape index (κ3) is 3.72. The van der Waals surface area contributed by atoms with Gasteiger partial charge in [0.25, 0.3) is 5.56 Å². The molecular weight excluding hydrogens is 609 g/mol. The summed E-state index contributed by atoms with van der Waals surface area (Å²) in [6.45, 7) is 0. The Balaban J connectivity index is 1.23. The van der Waals surface area contributed by atoms with Gasteiger partial charge in [0.2, 0.25) is 0 Å². The fraction of sp³-hybridized carbons (Fsp3) is 0. The molecule has 0 fully saturated rings. The molecule has 0 aliphatic carbocycles. The Hall–Kier alpha value is -6.71. The number of hydrogen-bond acceptors (Lipinski definition) is 1. The molecule has 0 saturated heterocycles. The van der Waals surface area contributed by atoms with Crippen LogP contribution in [0, 0.1) is 0 Å². The van der Waals surface area contributed by atoms with Crippen molar-refractivity contribution in [1.82, 2.24) is 8.97 Å². The summed E-state index contributed by atoms with van der Waals surface area (Å²) in [7, 11) is 0. The second-order valence-electron chi connectivity index (χ2n) is 13.3. The van der Waals surface area contributed by atoms with Crippen LogP contribution < -0.4 is 5.56 Å². The largest absolute Gasteiger partial charge is 0.309 e. The van der Waals surface area contributed by atoms with Gasteiger partial charge in [-0.15, -0.1) is 0 Å². The zero-order valence-corrected chi connectivity index (χ0v) is 27.0. The van der Waals surface area contributed by atoms with Gasteiger partial charge in [-0.25, -0.2) is 0 Å². The quantitative estimate of drug-likeness (QED) is 0.177. The van der Waals surface area contributed by atoms with Crippen LogP contribution in [0.4, 0.5) is 0 Å². The highest BCUT2D eigenvalue weighted by Crippen LogP contribution is 2.41. The lowest BCUT2D eigenvalue weighted by molar-refractivity contribution is 1.20.